The molecule has 0 radical (unpaired) electrons. The third-order valence-corrected chi connectivity index (χ3v) is 2.82. The van der Waals surface area contributed by atoms with Crippen LogP contribution in [0.2, 0.25) is 0 Å². The Labute approximate surface area is 106 Å². The molecule has 0 N–H and O–H groups in total. The van der Waals surface area contributed by atoms with E-state index in [0.717, 1.165) is 11.3 Å². The van der Waals surface area contributed by atoms with E-state index in [-0.39, 0.29) is 0 Å². The van der Waals surface area contributed by atoms with Gasteiger partial charge in [-0.05, 0) is 38.0 Å². The Kier molecular flexibility index (Phi) is 6.55. The molecular formula is C15H26N2. The number of rotatable bonds is 0. The average Bonchev–Trinajstić information content (AvgIpc) is 2.73. The van der Waals surface area contributed by atoms with E-state index in [2.05, 4.69) is 42.6 Å². The van der Waals surface area contributed by atoms with Crippen molar-refractivity contribution in [1.82, 2.24) is 9.55 Å². The van der Waals surface area contributed by atoms with Crippen LogP contribution in [-0.2, 0) is 7.05 Å². The van der Waals surface area contributed by atoms with Crippen LogP contribution in [0.25, 0.3) is 11.0 Å². The predicted molar refractivity (Wildman–Crippen MR) is 77.6 cm³/mol. The summed E-state index contributed by atoms with van der Waals surface area (Å²) in [5, 5.41) is 1.27. The molecule has 2 heterocycles. The van der Waals surface area contributed by atoms with Crippen LogP contribution in [0.3, 0.4) is 0 Å². The molecule has 0 fully saturated rings. The summed E-state index contributed by atoms with van der Waals surface area (Å²) in [4.78, 5) is 4.56. The first-order valence-electron chi connectivity index (χ1n) is 6.50. The highest BCUT2D eigenvalue weighted by Crippen LogP contribution is 2.21. The molecule has 0 spiro atoms. The third-order valence-electron chi connectivity index (χ3n) is 2.82. The van der Waals surface area contributed by atoms with Crippen molar-refractivity contribution in [2.24, 2.45) is 7.05 Å². The molecule has 2 nitrogen and oxygen atoms in total. The number of pyridine rings is 1. The minimum atomic E-state index is 1.08. The topological polar surface area (TPSA) is 17.8 Å². The van der Waals surface area contributed by atoms with E-state index in [0.29, 0.717) is 0 Å². The highest BCUT2D eigenvalue weighted by atomic mass is 15.0. The van der Waals surface area contributed by atoms with E-state index in [4.69, 9.17) is 0 Å². The molecule has 2 aromatic heterocycles. The highest BCUT2D eigenvalue weighted by Gasteiger charge is 2.07. The summed E-state index contributed by atoms with van der Waals surface area (Å²) in [5.41, 5.74) is 4.87. The molecule has 0 aliphatic rings. The van der Waals surface area contributed by atoms with Crippen molar-refractivity contribution >= 4 is 11.0 Å². The molecule has 2 heteroatoms. The maximum Gasteiger partial charge on any atom is 0.140 e. The minimum absolute atomic E-state index is 1.08. The van der Waals surface area contributed by atoms with Crippen LogP contribution >= 0.6 is 0 Å². The van der Waals surface area contributed by atoms with Crippen molar-refractivity contribution < 1.29 is 0 Å². The van der Waals surface area contributed by atoms with Gasteiger partial charge in [0.15, 0.2) is 0 Å². The highest BCUT2D eigenvalue weighted by molar-refractivity contribution is 5.81. The molecule has 0 saturated heterocycles. The van der Waals surface area contributed by atoms with Gasteiger partial charge in [0.05, 0.1) is 0 Å². The van der Waals surface area contributed by atoms with Crippen LogP contribution in [0.15, 0.2) is 12.3 Å². The zero-order valence-electron chi connectivity index (χ0n) is 12.5. The van der Waals surface area contributed by atoms with Crippen LogP contribution in [0.5, 0.6) is 0 Å². The molecule has 0 bridgehead atoms. The summed E-state index contributed by atoms with van der Waals surface area (Å²) in [6.45, 7) is 14.4. The summed E-state index contributed by atoms with van der Waals surface area (Å²) < 4.78 is 2.06. The van der Waals surface area contributed by atoms with Crippen LogP contribution < -0.4 is 0 Å². The van der Waals surface area contributed by atoms with Crippen molar-refractivity contribution in [3.8, 4) is 0 Å². The quantitative estimate of drug-likeness (QED) is 0.654. The second-order valence-electron chi connectivity index (χ2n) is 3.61. The predicted octanol–water partition coefficient (Wildman–Crippen LogP) is 4.55. The van der Waals surface area contributed by atoms with Gasteiger partial charge in [-0.2, -0.15) is 0 Å². The Morgan fingerprint density at radius 1 is 0.941 bits per heavy atom. The van der Waals surface area contributed by atoms with E-state index in [1.54, 1.807) is 0 Å². The fraction of sp³-hybridized carbons (Fsp3) is 0.533. The lowest BCUT2D eigenvalue weighted by Gasteiger charge is -2.05. The van der Waals surface area contributed by atoms with Crippen molar-refractivity contribution in [2.45, 2.75) is 48.5 Å². The zero-order valence-corrected chi connectivity index (χ0v) is 12.5. The summed E-state index contributed by atoms with van der Waals surface area (Å²) >= 11 is 0. The van der Waals surface area contributed by atoms with Gasteiger partial charge in [-0.25, -0.2) is 4.98 Å². The molecule has 2 rings (SSSR count). The number of fused-ring (bicyclic) bond motifs is 1. The van der Waals surface area contributed by atoms with Crippen molar-refractivity contribution in [3.05, 3.63) is 29.1 Å². The molecule has 17 heavy (non-hydrogen) atoms. The van der Waals surface area contributed by atoms with Gasteiger partial charge in [0.25, 0.3) is 0 Å². The summed E-state index contributed by atoms with van der Waals surface area (Å²) in [7, 11) is 2.03. The molecule has 0 aliphatic heterocycles. The molecule has 0 saturated carbocycles. The molecule has 0 unspecified atom stereocenters. The SMILES string of the molecule is CC.CC.Cc1nc2c(ccn2C)c(C)c1C. The van der Waals surface area contributed by atoms with E-state index in [1.165, 1.54) is 16.5 Å². The van der Waals surface area contributed by atoms with Gasteiger partial charge >= 0.3 is 0 Å². The van der Waals surface area contributed by atoms with E-state index in [1.807, 2.05) is 34.7 Å². The van der Waals surface area contributed by atoms with E-state index >= 15 is 0 Å². The lowest BCUT2D eigenvalue weighted by atomic mass is 10.1. The first-order valence-corrected chi connectivity index (χ1v) is 6.50. The number of hydrogen-bond acceptors (Lipinski definition) is 1. The standard InChI is InChI=1S/C11H14N2.2C2H6/c1-7-8(2)10-5-6-13(4)11(10)12-9(7)3;2*1-2/h5-6H,1-4H3;2*1-2H3. The Hall–Kier alpha value is -1.31. The molecule has 0 aliphatic carbocycles. The lowest BCUT2D eigenvalue weighted by molar-refractivity contribution is 0.940. The minimum Gasteiger partial charge on any atom is -0.336 e. The number of hydrogen-bond donors (Lipinski definition) is 0. The van der Waals surface area contributed by atoms with Crippen molar-refractivity contribution in [1.29, 1.82) is 0 Å². The van der Waals surface area contributed by atoms with Gasteiger partial charge in [0.2, 0.25) is 0 Å². The second-order valence-corrected chi connectivity index (χ2v) is 3.61. The normalized spacial score (nSPS) is 9.18. The van der Waals surface area contributed by atoms with Gasteiger partial charge in [-0.1, -0.05) is 27.7 Å². The Balaban J connectivity index is 0.000000581. The largest absolute Gasteiger partial charge is 0.336 e. The van der Waals surface area contributed by atoms with Gasteiger partial charge in [0, 0.05) is 24.3 Å². The molecule has 96 valence electrons. The molecule has 0 amide bonds. The first-order chi connectivity index (χ1) is 8.11. The zero-order chi connectivity index (χ0) is 13.6. The van der Waals surface area contributed by atoms with Crippen molar-refractivity contribution in [3.63, 3.8) is 0 Å². The van der Waals surface area contributed by atoms with Crippen LogP contribution in [0.1, 0.15) is 44.5 Å². The Morgan fingerprint density at radius 3 is 2.00 bits per heavy atom. The van der Waals surface area contributed by atoms with Gasteiger partial charge in [-0.3, -0.25) is 0 Å². The maximum atomic E-state index is 4.56. The monoisotopic (exact) mass is 234 g/mol. The Bertz CT molecular complexity index is 467. The van der Waals surface area contributed by atoms with E-state index < -0.39 is 0 Å². The van der Waals surface area contributed by atoms with Crippen LogP contribution in [0, 0.1) is 20.8 Å². The smallest absolute Gasteiger partial charge is 0.140 e. The third kappa shape index (κ3) is 3.09. The number of aromatic nitrogens is 2. The number of nitrogens with zero attached hydrogens (tertiary/aromatic N) is 2. The first kappa shape index (κ1) is 15.7. The molecular weight excluding hydrogens is 208 g/mol. The van der Waals surface area contributed by atoms with Gasteiger partial charge < -0.3 is 4.57 Å². The number of aryl methyl sites for hydroxylation is 3. The van der Waals surface area contributed by atoms with E-state index in [9.17, 15) is 0 Å². The lowest BCUT2D eigenvalue weighted by Crippen LogP contribution is -1.95. The summed E-state index contributed by atoms with van der Waals surface area (Å²) in [5.74, 6) is 0. The van der Waals surface area contributed by atoms with Crippen LogP contribution in [-0.4, -0.2) is 9.55 Å². The Morgan fingerprint density at radius 2 is 1.47 bits per heavy atom. The maximum absolute atomic E-state index is 4.56. The molecule has 0 atom stereocenters. The second kappa shape index (κ2) is 7.10. The summed E-state index contributed by atoms with van der Waals surface area (Å²) in [6.07, 6.45) is 2.06. The van der Waals surface area contributed by atoms with Gasteiger partial charge in [-0.15, -0.1) is 0 Å². The molecule has 0 aromatic carbocycles. The summed E-state index contributed by atoms with van der Waals surface area (Å²) in [6, 6.07) is 2.13. The van der Waals surface area contributed by atoms with Crippen molar-refractivity contribution in [2.75, 3.05) is 0 Å². The fourth-order valence-electron chi connectivity index (χ4n) is 1.67. The average molecular weight is 234 g/mol. The van der Waals surface area contributed by atoms with Gasteiger partial charge in [0.1, 0.15) is 5.65 Å². The fourth-order valence-corrected chi connectivity index (χ4v) is 1.67. The van der Waals surface area contributed by atoms with Crippen LogP contribution in [0.4, 0.5) is 0 Å². The molecule has 2 aromatic rings.